The van der Waals surface area contributed by atoms with E-state index in [4.69, 9.17) is 0 Å². The van der Waals surface area contributed by atoms with Gasteiger partial charge in [0.1, 0.15) is 11.6 Å². The summed E-state index contributed by atoms with van der Waals surface area (Å²) in [5.74, 6) is 11.0. The summed E-state index contributed by atoms with van der Waals surface area (Å²) >= 11 is 0. The van der Waals surface area contributed by atoms with Crippen molar-refractivity contribution in [3.63, 3.8) is 0 Å². The van der Waals surface area contributed by atoms with Crippen LogP contribution in [0.2, 0.25) is 0 Å². The predicted octanol–water partition coefficient (Wildman–Crippen LogP) is 6.67. The van der Waals surface area contributed by atoms with Crippen LogP contribution in [-0.2, 0) is 12.8 Å². The molecule has 0 N–H and O–H groups in total. The first-order chi connectivity index (χ1) is 14.6. The average Bonchev–Trinajstić information content (AvgIpc) is 2.77. The van der Waals surface area contributed by atoms with E-state index in [0.29, 0.717) is 22.3 Å². The smallest absolute Gasteiger partial charge is 0.140 e. The molecule has 0 aromatic heterocycles. The van der Waals surface area contributed by atoms with E-state index >= 15 is 0 Å². The van der Waals surface area contributed by atoms with E-state index in [1.165, 1.54) is 17.7 Å². The minimum absolute atomic E-state index is 0.237. The molecule has 0 unspecified atom stereocenters. The third-order valence-electron chi connectivity index (χ3n) is 4.88. The van der Waals surface area contributed by atoms with Crippen LogP contribution in [0, 0.1) is 35.3 Å². The quantitative estimate of drug-likeness (QED) is 0.431. The summed E-state index contributed by atoms with van der Waals surface area (Å²) in [6, 6.07) is 17.7. The fourth-order valence-electron chi connectivity index (χ4n) is 3.00. The maximum absolute atomic E-state index is 14.4. The van der Waals surface area contributed by atoms with E-state index in [0.717, 1.165) is 31.2 Å². The second-order valence-corrected chi connectivity index (χ2v) is 7.15. The molecule has 3 aromatic carbocycles. The van der Waals surface area contributed by atoms with Gasteiger partial charge in [0.2, 0.25) is 0 Å². The molecular formula is C28H24F2. The van der Waals surface area contributed by atoms with Gasteiger partial charge < -0.3 is 0 Å². The molecule has 0 fully saturated rings. The maximum Gasteiger partial charge on any atom is 0.140 e. The van der Waals surface area contributed by atoms with Crippen LogP contribution < -0.4 is 0 Å². The van der Waals surface area contributed by atoms with Gasteiger partial charge in [0.15, 0.2) is 0 Å². The van der Waals surface area contributed by atoms with Crippen LogP contribution in [0.1, 0.15) is 60.1 Å². The SMILES string of the molecule is CCCCc1ccc(C#Cc2ccc(C#Cc3ccc(CC)cc3)c(F)c2)cc1F. The van der Waals surface area contributed by atoms with E-state index in [2.05, 4.69) is 37.5 Å². The van der Waals surface area contributed by atoms with Gasteiger partial charge in [-0.15, -0.1) is 0 Å². The van der Waals surface area contributed by atoms with Crippen LogP contribution in [0.5, 0.6) is 0 Å². The molecule has 0 heterocycles. The molecule has 3 aromatic rings. The molecule has 0 aliphatic heterocycles. The highest BCUT2D eigenvalue weighted by Crippen LogP contribution is 2.14. The Morgan fingerprint density at radius 2 is 1.27 bits per heavy atom. The van der Waals surface area contributed by atoms with Crippen LogP contribution in [0.4, 0.5) is 8.78 Å². The molecule has 0 aliphatic carbocycles. The van der Waals surface area contributed by atoms with Crippen molar-refractivity contribution in [1.29, 1.82) is 0 Å². The van der Waals surface area contributed by atoms with E-state index < -0.39 is 5.82 Å². The predicted molar refractivity (Wildman–Crippen MR) is 119 cm³/mol. The Morgan fingerprint density at radius 3 is 1.87 bits per heavy atom. The molecule has 0 spiro atoms. The van der Waals surface area contributed by atoms with Gasteiger partial charge in [0.05, 0.1) is 5.56 Å². The van der Waals surface area contributed by atoms with Gasteiger partial charge in [0.25, 0.3) is 0 Å². The first-order valence-electron chi connectivity index (χ1n) is 10.3. The fraction of sp³-hybridized carbons (Fsp3) is 0.214. The Morgan fingerprint density at radius 1 is 0.667 bits per heavy atom. The molecule has 0 nitrogen and oxygen atoms in total. The lowest BCUT2D eigenvalue weighted by Gasteiger charge is -2.02. The van der Waals surface area contributed by atoms with Crippen molar-refractivity contribution >= 4 is 0 Å². The van der Waals surface area contributed by atoms with E-state index in [1.54, 1.807) is 24.3 Å². The number of hydrogen-bond acceptors (Lipinski definition) is 0. The standard InChI is InChI=1S/C28H24F2/c1-3-5-6-25-17-14-23(19-27(25)29)11-12-24-15-18-26(28(30)20-24)16-13-22-9-7-21(4-2)8-10-22/h7-10,14-15,17-20H,3-6H2,1-2H3. The molecule has 0 radical (unpaired) electrons. The second-order valence-electron chi connectivity index (χ2n) is 7.15. The third-order valence-corrected chi connectivity index (χ3v) is 4.88. The second kappa shape index (κ2) is 10.4. The first-order valence-corrected chi connectivity index (χ1v) is 10.3. The lowest BCUT2D eigenvalue weighted by molar-refractivity contribution is 0.603. The first kappa shape index (κ1) is 21.4. The summed E-state index contributed by atoms with van der Waals surface area (Å²) < 4.78 is 28.5. The largest absolute Gasteiger partial charge is 0.207 e. The molecule has 0 aliphatic rings. The highest BCUT2D eigenvalue weighted by Gasteiger charge is 2.03. The molecule has 0 atom stereocenters. The van der Waals surface area contributed by atoms with E-state index in [-0.39, 0.29) is 5.82 Å². The number of hydrogen-bond donors (Lipinski definition) is 0. The molecule has 0 saturated heterocycles. The Labute approximate surface area is 178 Å². The zero-order chi connectivity index (χ0) is 21.3. The zero-order valence-corrected chi connectivity index (χ0v) is 17.4. The lowest BCUT2D eigenvalue weighted by atomic mass is 10.1. The van der Waals surface area contributed by atoms with Crippen LogP contribution >= 0.6 is 0 Å². The van der Waals surface area contributed by atoms with Crippen LogP contribution in [0.25, 0.3) is 0 Å². The summed E-state index contributed by atoms with van der Waals surface area (Å²) in [5.41, 5.74) is 4.23. The number of unbranched alkanes of at least 4 members (excludes halogenated alkanes) is 1. The molecule has 0 amide bonds. The molecule has 30 heavy (non-hydrogen) atoms. The highest BCUT2D eigenvalue weighted by atomic mass is 19.1. The van der Waals surface area contributed by atoms with Crippen LogP contribution in [0.3, 0.4) is 0 Å². The number of benzene rings is 3. The van der Waals surface area contributed by atoms with Gasteiger partial charge in [-0.3, -0.25) is 0 Å². The molecule has 3 rings (SSSR count). The van der Waals surface area contributed by atoms with Crippen molar-refractivity contribution < 1.29 is 8.78 Å². The van der Waals surface area contributed by atoms with Crippen LogP contribution in [0.15, 0.2) is 60.7 Å². The number of rotatable bonds is 4. The minimum Gasteiger partial charge on any atom is -0.207 e. The van der Waals surface area contributed by atoms with Gasteiger partial charge in [-0.25, -0.2) is 8.78 Å². The van der Waals surface area contributed by atoms with E-state index in [1.807, 2.05) is 24.3 Å². The summed E-state index contributed by atoms with van der Waals surface area (Å²) in [6.45, 7) is 4.18. The van der Waals surface area contributed by atoms with Crippen molar-refractivity contribution in [2.45, 2.75) is 39.5 Å². The summed E-state index contributed by atoms with van der Waals surface area (Å²) in [4.78, 5) is 0. The molecule has 2 heteroatoms. The maximum atomic E-state index is 14.4. The number of halogens is 2. The normalized spacial score (nSPS) is 10.0. The third kappa shape index (κ3) is 5.82. The molecular weight excluding hydrogens is 374 g/mol. The van der Waals surface area contributed by atoms with Crippen molar-refractivity contribution in [2.24, 2.45) is 0 Å². The minimum atomic E-state index is -0.416. The van der Waals surface area contributed by atoms with Gasteiger partial charge >= 0.3 is 0 Å². The molecule has 0 saturated carbocycles. The Bertz CT molecular complexity index is 1130. The Hall–Kier alpha value is -3.36. The van der Waals surface area contributed by atoms with Crippen LogP contribution in [-0.4, -0.2) is 0 Å². The van der Waals surface area contributed by atoms with Crippen molar-refractivity contribution in [1.82, 2.24) is 0 Å². The van der Waals surface area contributed by atoms with Crippen molar-refractivity contribution in [3.05, 3.63) is 106 Å². The van der Waals surface area contributed by atoms with Gasteiger partial charge in [-0.05, 0) is 72.9 Å². The summed E-state index contributed by atoms with van der Waals surface area (Å²) in [7, 11) is 0. The fourth-order valence-corrected chi connectivity index (χ4v) is 3.00. The molecule has 0 bridgehead atoms. The van der Waals surface area contributed by atoms with Crippen molar-refractivity contribution in [2.75, 3.05) is 0 Å². The zero-order valence-electron chi connectivity index (χ0n) is 17.4. The average molecular weight is 398 g/mol. The summed E-state index contributed by atoms with van der Waals surface area (Å²) in [6.07, 6.45) is 3.69. The van der Waals surface area contributed by atoms with E-state index in [9.17, 15) is 8.78 Å². The Kier molecular flexibility index (Phi) is 7.42. The van der Waals surface area contributed by atoms with Gasteiger partial charge in [-0.1, -0.05) is 62.1 Å². The topological polar surface area (TPSA) is 0 Å². The number of aryl methyl sites for hydroxylation is 2. The monoisotopic (exact) mass is 398 g/mol. The van der Waals surface area contributed by atoms with Gasteiger partial charge in [-0.2, -0.15) is 0 Å². The highest BCUT2D eigenvalue weighted by molar-refractivity contribution is 5.49. The Balaban J connectivity index is 1.73. The van der Waals surface area contributed by atoms with Crippen molar-refractivity contribution in [3.8, 4) is 23.7 Å². The van der Waals surface area contributed by atoms with Gasteiger partial charge in [0, 0.05) is 16.7 Å². The molecule has 150 valence electrons. The summed E-state index contributed by atoms with van der Waals surface area (Å²) in [5, 5.41) is 0. The lowest BCUT2D eigenvalue weighted by Crippen LogP contribution is -1.91.